The number of fused-ring (bicyclic) bond motifs is 3. The minimum Gasteiger partial charge on any atom is -0.493 e. The predicted molar refractivity (Wildman–Crippen MR) is 169 cm³/mol. The van der Waals surface area contributed by atoms with E-state index in [1.165, 1.54) is 16.7 Å². The number of benzene rings is 2. The lowest BCUT2D eigenvalue weighted by molar-refractivity contribution is -0.144. The van der Waals surface area contributed by atoms with Crippen LogP contribution in [0.1, 0.15) is 75.0 Å². The van der Waals surface area contributed by atoms with Gasteiger partial charge in [-0.15, -0.1) is 0 Å². The summed E-state index contributed by atoms with van der Waals surface area (Å²) >= 11 is 6.22. The standard InChI is InChI=1S/C35H42ClN3O3/c1-23(22-42-30-11-17-37-32-31(30)24(2)12-18-39(32)3)19-26-20-25-7-4-5-10-29(25)34(26)13-15-35(16-14-34,33(40)41)38-28-9-6-8-27(36)21-28/h4-11,17,21,23-24,26,38H,12-16,18-20,22H2,1-3H3,(H,40,41)/t23-,24-,26+,34?,35?/m1/s1. The fraction of sp³-hybridized carbons (Fsp3) is 0.486. The van der Waals surface area contributed by atoms with Crippen LogP contribution in [0.2, 0.25) is 5.02 Å². The molecule has 1 saturated carbocycles. The van der Waals surface area contributed by atoms with E-state index in [9.17, 15) is 9.90 Å². The lowest BCUT2D eigenvalue weighted by atomic mass is 9.59. The number of hydrogen-bond acceptors (Lipinski definition) is 5. The molecule has 42 heavy (non-hydrogen) atoms. The summed E-state index contributed by atoms with van der Waals surface area (Å²) in [5.41, 5.74) is 3.80. The van der Waals surface area contributed by atoms with Gasteiger partial charge in [-0.2, -0.15) is 0 Å². The van der Waals surface area contributed by atoms with E-state index in [2.05, 4.69) is 60.4 Å². The highest BCUT2D eigenvalue weighted by Crippen LogP contribution is 2.56. The van der Waals surface area contributed by atoms with Crippen LogP contribution in [0.15, 0.2) is 60.8 Å². The highest BCUT2D eigenvalue weighted by atomic mass is 35.5. The Labute approximate surface area is 254 Å². The van der Waals surface area contributed by atoms with Gasteiger partial charge in [0.2, 0.25) is 0 Å². The third kappa shape index (κ3) is 5.23. The Morgan fingerprint density at radius 3 is 2.71 bits per heavy atom. The molecular formula is C35H42ClN3O3. The molecule has 3 aromatic rings. The first kappa shape index (κ1) is 28.9. The van der Waals surface area contributed by atoms with Gasteiger partial charge >= 0.3 is 5.97 Å². The van der Waals surface area contributed by atoms with Gasteiger partial charge in [-0.25, -0.2) is 9.78 Å². The summed E-state index contributed by atoms with van der Waals surface area (Å²) in [6, 6.07) is 18.2. The third-order valence-electron chi connectivity index (χ3n) is 10.3. The summed E-state index contributed by atoms with van der Waals surface area (Å²) in [6.45, 7) is 6.24. The predicted octanol–water partition coefficient (Wildman–Crippen LogP) is 7.70. The first-order valence-electron chi connectivity index (χ1n) is 15.4. The number of carbonyl (C=O) groups is 1. The SMILES string of the molecule is C[C@@H](COc1ccnc2c1[C@H](C)CCN2C)C[C@H]1Cc2ccccc2C12CCC(Nc1cccc(Cl)c1)(C(=O)O)CC2. The van der Waals surface area contributed by atoms with Crippen LogP contribution >= 0.6 is 11.6 Å². The van der Waals surface area contributed by atoms with Crippen molar-refractivity contribution in [3.05, 3.63) is 82.5 Å². The summed E-state index contributed by atoms with van der Waals surface area (Å²) in [7, 11) is 2.11. The molecule has 0 bridgehead atoms. The third-order valence-corrected chi connectivity index (χ3v) is 10.5. The normalized spacial score (nSPS) is 27.3. The molecule has 0 amide bonds. The fourth-order valence-corrected chi connectivity index (χ4v) is 8.16. The minimum absolute atomic E-state index is 0.0210. The average Bonchev–Trinajstić information content (AvgIpc) is 3.27. The monoisotopic (exact) mass is 587 g/mol. The summed E-state index contributed by atoms with van der Waals surface area (Å²) in [5, 5.41) is 14.4. The van der Waals surface area contributed by atoms with Crippen molar-refractivity contribution in [1.29, 1.82) is 0 Å². The number of carboxylic acids is 1. The van der Waals surface area contributed by atoms with E-state index in [0.717, 1.165) is 55.9 Å². The Morgan fingerprint density at radius 1 is 1.17 bits per heavy atom. The molecule has 1 aromatic heterocycles. The highest BCUT2D eigenvalue weighted by molar-refractivity contribution is 6.30. The van der Waals surface area contributed by atoms with Crippen LogP contribution in [0.3, 0.4) is 0 Å². The maximum absolute atomic E-state index is 12.7. The molecule has 2 aliphatic carbocycles. The number of anilines is 2. The van der Waals surface area contributed by atoms with Gasteiger partial charge in [0.05, 0.1) is 6.61 Å². The van der Waals surface area contributed by atoms with Gasteiger partial charge < -0.3 is 20.1 Å². The highest BCUT2D eigenvalue weighted by Gasteiger charge is 2.54. The number of hydrogen-bond donors (Lipinski definition) is 2. The fourth-order valence-electron chi connectivity index (χ4n) is 7.97. The second-order valence-electron chi connectivity index (χ2n) is 13.0. The Bertz CT molecular complexity index is 1450. The lowest BCUT2D eigenvalue weighted by Gasteiger charge is -2.47. The molecule has 2 heterocycles. The van der Waals surface area contributed by atoms with Crippen molar-refractivity contribution >= 4 is 29.1 Å². The van der Waals surface area contributed by atoms with Crippen LogP contribution in [0.5, 0.6) is 5.75 Å². The first-order chi connectivity index (χ1) is 20.2. The average molecular weight is 588 g/mol. The summed E-state index contributed by atoms with van der Waals surface area (Å²) in [4.78, 5) is 19.6. The Kier molecular flexibility index (Phi) is 7.86. The molecule has 0 unspecified atom stereocenters. The van der Waals surface area contributed by atoms with E-state index in [0.29, 0.717) is 42.2 Å². The van der Waals surface area contributed by atoms with Crippen molar-refractivity contribution in [3.8, 4) is 5.75 Å². The van der Waals surface area contributed by atoms with Crippen molar-refractivity contribution in [1.82, 2.24) is 4.98 Å². The molecule has 1 spiro atoms. The Morgan fingerprint density at radius 2 is 1.95 bits per heavy atom. The van der Waals surface area contributed by atoms with Crippen LogP contribution in [-0.4, -0.2) is 41.8 Å². The van der Waals surface area contributed by atoms with Gasteiger partial charge in [0.1, 0.15) is 17.1 Å². The summed E-state index contributed by atoms with van der Waals surface area (Å²) in [6.07, 6.45) is 7.86. The van der Waals surface area contributed by atoms with Crippen LogP contribution in [0.4, 0.5) is 11.5 Å². The van der Waals surface area contributed by atoms with Crippen LogP contribution < -0.4 is 15.0 Å². The molecule has 2 aromatic carbocycles. The minimum atomic E-state index is -1.00. The number of nitrogens with one attached hydrogen (secondary N) is 1. The number of nitrogens with zero attached hydrogens (tertiary/aromatic N) is 2. The molecule has 1 aliphatic heterocycles. The van der Waals surface area contributed by atoms with Crippen LogP contribution in [0.25, 0.3) is 0 Å². The van der Waals surface area contributed by atoms with Crippen molar-refractivity contribution in [2.24, 2.45) is 11.8 Å². The van der Waals surface area contributed by atoms with Gasteiger partial charge in [-0.05, 0) is 104 Å². The van der Waals surface area contributed by atoms with E-state index >= 15 is 0 Å². The molecule has 2 N–H and O–H groups in total. The quantitative estimate of drug-likeness (QED) is 0.281. The number of aromatic nitrogens is 1. The van der Waals surface area contributed by atoms with Crippen LogP contribution in [-0.2, 0) is 16.6 Å². The molecule has 0 saturated heterocycles. The zero-order chi connectivity index (χ0) is 29.5. The number of carboxylic acid groups (broad SMARTS) is 1. The van der Waals surface area contributed by atoms with E-state index in [-0.39, 0.29) is 5.41 Å². The maximum Gasteiger partial charge on any atom is 0.329 e. The molecule has 6 nitrogen and oxygen atoms in total. The van der Waals surface area contributed by atoms with Gasteiger partial charge in [-0.3, -0.25) is 0 Å². The molecule has 7 heteroatoms. The van der Waals surface area contributed by atoms with Crippen molar-refractivity contribution in [2.75, 3.05) is 30.4 Å². The topological polar surface area (TPSA) is 74.7 Å². The largest absolute Gasteiger partial charge is 0.493 e. The number of rotatable bonds is 8. The van der Waals surface area contributed by atoms with Crippen molar-refractivity contribution in [2.45, 2.75) is 75.7 Å². The number of aliphatic carboxylic acids is 1. The first-order valence-corrected chi connectivity index (χ1v) is 15.8. The smallest absolute Gasteiger partial charge is 0.329 e. The van der Waals surface area contributed by atoms with E-state index in [1.807, 2.05) is 36.5 Å². The van der Waals surface area contributed by atoms with Crippen molar-refractivity contribution < 1.29 is 14.6 Å². The van der Waals surface area contributed by atoms with Gasteiger partial charge in [0.15, 0.2) is 0 Å². The van der Waals surface area contributed by atoms with E-state index in [4.69, 9.17) is 16.3 Å². The second-order valence-corrected chi connectivity index (χ2v) is 13.5. The van der Waals surface area contributed by atoms with Crippen molar-refractivity contribution in [3.63, 3.8) is 0 Å². The molecule has 1 fully saturated rings. The Balaban J connectivity index is 1.19. The number of pyridine rings is 1. The van der Waals surface area contributed by atoms with Gasteiger partial charge in [-0.1, -0.05) is 55.8 Å². The summed E-state index contributed by atoms with van der Waals surface area (Å²) in [5.74, 6) is 2.45. The zero-order valence-electron chi connectivity index (χ0n) is 24.9. The molecule has 6 rings (SSSR count). The van der Waals surface area contributed by atoms with Gasteiger partial charge in [0, 0.05) is 36.1 Å². The van der Waals surface area contributed by atoms with E-state index in [1.54, 1.807) is 0 Å². The number of ether oxygens (including phenoxy) is 1. The molecule has 3 aliphatic rings. The van der Waals surface area contributed by atoms with Gasteiger partial charge in [0.25, 0.3) is 0 Å². The second kappa shape index (κ2) is 11.4. The zero-order valence-corrected chi connectivity index (χ0v) is 25.7. The van der Waals surface area contributed by atoms with Crippen LogP contribution in [0, 0.1) is 11.8 Å². The molecule has 3 atom stereocenters. The molecular weight excluding hydrogens is 546 g/mol. The molecule has 0 radical (unpaired) electrons. The van der Waals surface area contributed by atoms with E-state index < -0.39 is 11.5 Å². The molecule has 222 valence electrons. The lowest BCUT2D eigenvalue weighted by Crippen LogP contribution is -2.53. The Hall–Kier alpha value is -3.25. The summed E-state index contributed by atoms with van der Waals surface area (Å²) < 4.78 is 6.52. The number of halogens is 1. The maximum atomic E-state index is 12.7.